The zero-order valence-corrected chi connectivity index (χ0v) is 16.0. The summed E-state index contributed by atoms with van der Waals surface area (Å²) in [4.78, 5) is 37.8. The van der Waals surface area contributed by atoms with E-state index >= 15 is 0 Å². The third kappa shape index (κ3) is 6.96. The molecule has 0 aliphatic rings. The minimum absolute atomic E-state index is 0.0696. The van der Waals surface area contributed by atoms with E-state index in [0.29, 0.717) is 11.3 Å². The largest absolute Gasteiger partial charge is 0.451 e. The molecule has 0 saturated carbocycles. The molecule has 2 aromatic rings. The highest BCUT2D eigenvalue weighted by molar-refractivity contribution is 6.00. The molecule has 2 rings (SSSR count). The molecule has 0 saturated heterocycles. The quantitative estimate of drug-likeness (QED) is 0.551. The maximum atomic E-state index is 12.6. The number of nitrogens with one attached hydrogen (secondary N) is 1. The molecule has 29 heavy (non-hydrogen) atoms. The molecule has 2 aromatic carbocycles. The fraction of sp³-hybridized carbons (Fsp3) is 0.182. The van der Waals surface area contributed by atoms with Crippen LogP contribution < -0.4 is 10.2 Å². The summed E-state index contributed by atoms with van der Waals surface area (Å²) in [6.45, 7) is 0.927. The number of carbonyl (C=O) groups excluding carboxylic acids is 3. The van der Waals surface area contributed by atoms with Gasteiger partial charge in [-0.2, -0.15) is 5.26 Å². The molecule has 0 aliphatic heterocycles. The molecule has 0 spiro atoms. The fourth-order valence-corrected chi connectivity index (χ4v) is 2.50. The molecule has 148 valence electrons. The van der Waals surface area contributed by atoms with Gasteiger partial charge in [-0.05, 0) is 23.8 Å². The Morgan fingerprint density at radius 3 is 2.28 bits per heavy atom. The second-order valence-corrected chi connectivity index (χ2v) is 6.02. The van der Waals surface area contributed by atoms with Gasteiger partial charge in [-0.1, -0.05) is 48.5 Å². The molecule has 0 aliphatic carbocycles. The van der Waals surface area contributed by atoms with Crippen molar-refractivity contribution >= 4 is 29.5 Å². The van der Waals surface area contributed by atoms with Crippen molar-refractivity contribution in [3.05, 3.63) is 71.9 Å². The van der Waals surface area contributed by atoms with Crippen LogP contribution in [0.4, 0.5) is 5.69 Å². The topological polar surface area (TPSA) is 99.5 Å². The van der Waals surface area contributed by atoms with Crippen molar-refractivity contribution in [2.75, 3.05) is 18.1 Å². The van der Waals surface area contributed by atoms with Crippen molar-refractivity contribution < 1.29 is 19.1 Å². The highest BCUT2D eigenvalue weighted by Gasteiger charge is 2.19. The Bertz CT molecular complexity index is 918. The number of amides is 2. The highest BCUT2D eigenvalue weighted by atomic mass is 16.5. The van der Waals surface area contributed by atoms with E-state index in [0.717, 1.165) is 0 Å². The number of nitrogens with zero attached hydrogens (tertiary/aromatic N) is 2. The summed E-state index contributed by atoms with van der Waals surface area (Å²) in [7, 11) is 0. The molecule has 1 N–H and O–H groups in total. The zero-order chi connectivity index (χ0) is 21.1. The van der Waals surface area contributed by atoms with Crippen molar-refractivity contribution in [1.82, 2.24) is 5.32 Å². The lowest BCUT2D eigenvalue weighted by Crippen LogP contribution is -2.36. The molecule has 2 amide bonds. The van der Waals surface area contributed by atoms with Crippen LogP contribution >= 0.6 is 0 Å². The monoisotopic (exact) mass is 391 g/mol. The number of rotatable bonds is 8. The van der Waals surface area contributed by atoms with Crippen LogP contribution in [-0.4, -0.2) is 30.9 Å². The van der Waals surface area contributed by atoms with E-state index in [-0.39, 0.29) is 18.7 Å². The minimum atomic E-state index is -0.828. The number of ether oxygens (including phenoxy) is 1. The third-order valence-corrected chi connectivity index (χ3v) is 3.78. The van der Waals surface area contributed by atoms with Gasteiger partial charge in [0.1, 0.15) is 5.70 Å². The molecule has 0 radical (unpaired) electrons. The van der Waals surface area contributed by atoms with E-state index in [4.69, 9.17) is 10.00 Å². The van der Waals surface area contributed by atoms with Crippen LogP contribution in [0.15, 0.2) is 66.4 Å². The number of nitriles is 1. The van der Waals surface area contributed by atoms with E-state index in [1.807, 2.05) is 18.2 Å². The summed E-state index contributed by atoms with van der Waals surface area (Å²) in [5, 5.41) is 11.3. The number of para-hydroxylation sites is 1. The Morgan fingerprint density at radius 1 is 1.07 bits per heavy atom. The zero-order valence-electron chi connectivity index (χ0n) is 16.0. The van der Waals surface area contributed by atoms with Gasteiger partial charge in [-0.15, -0.1) is 0 Å². The Morgan fingerprint density at radius 2 is 1.69 bits per heavy atom. The lowest BCUT2D eigenvalue weighted by Gasteiger charge is -2.21. The second-order valence-electron chi connectivity index (χ2n) is 6.02. The van der Waals surface area contributed by atoms with Crippen LogP contribution in [0.25, 0.3) is 6.08 Å². The molecule has 0 aromatic heterocycles. The molecule has 0 unspecified atom stereocenters. The van der Waals surface area contributed by atoms with E-state index in [1.165, 1.54) is 17.9 Å². The number of carbonyl (C=O) groups is 3. The predicted molar refractivity (Wildman–Crippen MR) is 108 cm³/mol. The summed E-state index contributed by atoms with van der Waals surface area (Å²) < 4.78 is 5.13. The summed E-state index contributed by atoms with van der Waals surface area (Å²) >= 11 is 0. The first kappa shape index (κ1) is 21.4. The van der Waals surface area contributed by atoms with Crippen LogP contribution in [0.3, 0.4) is 0 Å². The van der Waals surface area contributed by atoms with Crippen molar-refractivity contribution in [2.24, 2.45) is 0 Å². The lowest BCUT2D eigenvalue weighted by atomic mass is 10.2. The first-order valence-electron chi connectivity index (χ1n) is 8.95. The number of hydrogen-bond acceptors (Lipinski definition) is 5. The Labute approximate surface area is 169 Å². The smallest absolute Gasteiger partial charge is 0.355 e. The Kier molecular flexibility index (Phi) is 8.14. The predicted octanol–water partition coefficient (Wildman–Crippen LogP) is 2.65. The summed E-state index contributed by atoms with van der Waals surface area (Å²) in [5.41, 5.74) is 1.23. The molecule has 0 atom stereocenters. The normalized spacial score (nSPS) is 10.6. The second kappa shape index (κ2) is 11.0. The summed E-state index contributed by atoms with van der Waals surface area (Å²) in [6, 6.07) is 19.7. The number of anilines is 1. The van der Waals surface area contributed by atoms with Gasteiger partial charge in [0.25, 0.3) is 5.91 Å². The van der Waals surface area contributed by atoms with Crippen molar-refractivity contribution in [3.8, 4) is 6.07 Å². The third-order valence-electron chi connectivity index (χ3n) is 3.78. The van der Waals surface area contributed by atoms with E-state index in [1.54, 1.807) is 48.5 Å². The maximum absolute atomic E-state index is 12.6. The molecule has 0 heterocycles. The van der Waals surface area contributed by atoms with E-state index in [2.05, 4.69) is 5.32 Å². The lowest BCUT2D eigenvalue weighted by molar-refractivity contribution is -0.144. The van der Waals surface area contributed by atoms with Crippen LogP contribution in [0.1, 0.15) is 18.9 Å². The highest BCUT2D eigenvalue weighted by Crippen LogP contribution is 2.14. The average Bonchev–Trinajstić information content (AvgIpc) is 2.73. The fourth-order valence-electron chi connectivity index (χ4n) is 2.50. The molecule has 7 heteroatoms. The number of benzene rings is 2. The molecule has 0 bridgehead atoms. The minimum Gasteiger partial charge on any atom is -0.451 e. The number of esters is 1. The van der Waals surface area contributed by atoms with Gasteiger partial charge in [0.05, 0.1) is 12.5 Å². The van der Waals surface area contributed by atoms with Crippen LogP contribution in [0, 0.1) is 11.3 Å². The molecule has 7 nitrogen and oxygen atoms in total. The van der Waals surface area contributed by atoms with Crippen LogP contribution in [-0.2, 0) is 19.1 Å². The van der Waals surface area contributed by atoms with Gasteiger partial charge in [0, 0.05) is 19.2 Å². The number of hydrogen-bond donors (Lipinski definition) is 1. The molecular weight excluding hydrogens is 370 g/mol. The SMILES string of the molecule is CC(=O)N/C(=C\c1ccccc1)C(=O)OCC(=O)N(CCC#N)c1ccccc1. The van der Waals surface area contributed by atoms with Crippen molar-refractivity contribution in [1.29, 1.82) is 5.26 Å². The van der Waals surface area contributed by atoms with Gasteiger partial charge in [0.2, 0.25) is 5.91 Å². The van der Waals surface area contributed by atoms with Crippen LogP contribution in [0.5, 0.6) is 0 Å². The first-order chi connectivity index (χ1) is 14.0. The average molecular weight is 391 g/mol. The summed E-state index contributed by atoms with van der Waals surface area (Å²) in [5.74, 6) is -1.73. The van der Waals surface area contributed by atoms with Gasteiger partial charge >= 0.3 is 5.97 Å². The van der Waals surface area contributed by atoms with Gasteiger partial charge < -0.3 is 15.0 Å². The maximum Gasteiger partial charge on any atom is 0.355 e. The first-order valence-corrected chi connectivity index (χ1v) is 8.95. The Hall–Kier alpha value is -3.92. The van der Waals surface area contributed by atoms with Gasteiger partial charge in [-0.3, -0.25) is 9.59 Å². The van der Waals surface area contributed by atoms with Crippen molar-refractivity contribution in [2.45, 2.75) is 13.3 Å². The van der Waals surface area contributed by atoms with Crippen molar-refractivity contribution in [3.63, 3.8) is 0 Å². The molecular formula is C22H21N3O4. The molecule has 0 fully saturated rings. The van der Waals surface area contributed by atoms with Gasteiger partial charge in [0.15, 0.2) is 6.61 Å². The van der Waals surface area contributed by atoms with Gasteiger partial charge in [-0.25, -0.2) is 4.79 Å². The van der Waals surface area contributed by atoms with E-state index < -0.39 is 24.4 Å². The van der Waals surface area contributed by atoms with E-state index in [9.17, 15) is 14.4 Å². The Balaban J connectivity index is 2.10. The standard InChI is InChI=1S/C22H21N3O4/c1-17(26)24-20(15-18-9-4-2-5-10-18)22(28)29-16-21(27)25(14-8-13-23)19-11-6-3-7-12-19/h2-7,9-12,15H,8,14,16H2,1H3,(H,24,26)/b20-15-. The van der Waals surface area contributed by atoms with Crippen LogP contribution in [0.2, 0.25) is 0 Å². The summed E-state index contributed by atoms with van der Waals surface area (Å²) in [6.07, 6.45) is 1.61.